The van der Waals surface area contributed by atoms with E-state index in [2.05, 4.69) is 4.90 Å². The highest BCUT2D eigenvalue weighted by molar-refractivity contribution is 7.89. The number of nitriles is 1. The van der Waals surface area contributed by atoms with Crippen LogP contribution in [0.1, 0.15) is 5.56 Å². The molecule has 3 rings (SSSR count). The Morgan fingerprint density at radius 2 is 1.61 bits per heavy atom. The van der Waals surface area contributed by atoms with Crippen molar-refractivity contribution in [2.24, 2.45) is 0 Å². The third kappa shape index (κ3) is 3.21. The monoisotopic (exact) mass is 327 g/mol. The number of piperazine rings is 1. The van der Waals surface area contributed by atoms with E-state index in [0.717, 1.165) is 5.69 Å². The SMILES string of the molecule is N#Cc1cccc(S(=O)(=O)N2CCN(c3ccccc3)CC2)c1. The average Bonchev–Trinajstić information content (AvgIpc) is 2.62. The molecule has 23 heavy (non-hydrogen) atoms. The predicted molar refractivity (Wildman–Crippen MR) is 88.6 cm³/mol. The summed E-state index contributed by atoms with van der Waals surface area (Å²) in [7, 11) is -3.54. The molecule has 2 aromatic rings. The Hall–Kier alpha value is -2.36. The van der Waals surface area contributed by atoms with Crippen LogP contribution < -0.4 is 4.90 Å². The second kappa shape index (κ2) is 6.41. The molecular formula is C17H17N3O2S. The van der Waals surface area contributed by atoms with Gasteiger partial charge in [0.2, 0.25) is 10.0 Å². The molecule has 0 N–H and O–H groups in total. The fourth-order valence-electron chi connectivity index (χ4n) is 2.70. The number of sulfonamides is 1. The minimum atomic E-state index is -3.54. The van der Waals surface area contributed by atoms with Crippen molar-refractivity contribution in [2.75, 3.05) is 31.1 Å². The highest BCUT2D eigenvalue weighted by Crippen LogP contribution is 2.21. The molecule has 0 bridgehead atoms. The Balaban J connectivity index is 1.75. The van der Waals surface area contributed by atoms with Crippen molar-refractivity contribution in [2.45, 2.75) is 4.90 Å². The molecule has 0 atom stereocenters. The number of benzene rings is 2. The Morgan fingerprint density at radius 1 is 0.913 bits per heavy atom. The van der Waals surface area contributed by atoms with Gasteiger partial charge in [-0.25, -0.2) is 8.42 Å². The standard InChI is InChI=1S/C17H17N3O2S/c18-14-15-5-4-8-17(13-15)23(21,22)20-11-9-19(10-12-20)16-6-2-1-3-7-16/h1-8,13H,9-12H2. The number of hydrogen-bond donors (Lipinski definition) is 0. The second-order valence-corrected chi connectivity index (χ2v) is 7.30. The Labute approximate surface area is 136 Å². The molecule has 0 aliphatic carbocycles. The summed E-state index contributed by atoms with van der Waals surface area (Å²) in [6, 6.07) is 18.1. The Kier molecular flexibility index (Phi) is 4.33. The van der Waals surface area contributed by atoms with Crippen LogP contribution in [0.3, 0.4) is 0 Å². The first-order chi connectivity index (χ1) is 11.1. The summed E-state index contributed by atoms with van der Waals surface area (Å²) in [5.41, 5.74) is 1.46. The smallest absolute Gasteiger partial charge is 0.243 e. The molecule has 6 heteroatoms. The maximum atomic E-state index is 12.7. The van der Waals surface area contributed by atoms with E-state index >= 15 is 0 Å². The van der Waals surface area contributed by atoms with E-state index in [1.807, 2.05) is 36.4 Å². The van der Waals surface area contributed by atoms with E-state index in [9.17, 15) is 8.42 Å². The minimum absolute atomic E-state index is 0.185. The molecule has 5 nitrogen and oxygen atoms in total. The maximum Gasteiger partial charge on any atom is 0.243 e. The van der Waals surface area contributed by atoms with Gasteiger partial charge in [-0.1, -0.05) is 24.3 Å². The highest BCUT2D eigenvalue weighted by atomic mass is 32.2. The van der Waals surface area contributed by atoms with Crippen LogP contribution in [-0.2, 0) is 10.0 Å². The largest absolute Gasteiger partial charge is 0.369 e. The third-order valence-electron chi connectivity index (χ3n) is 3.96. The second-order valence-electron chi connectivity index (χ2n) is 5.37. The summed E-state index contributed by atoms with van der Waals surface area (Å²) in [5, 5.41) is 8.93. The summed E-state index contributed by atoms with van der Waals surface area (Å²) in [4.78, 5) is 2.36. The minimum Gasteiger partial charge on any atom is -0.369 e. The van der Waals surface area contributed by atoms with Crippen molar-refractivity contribution in [3.8, 4) is 6.07 Å². The first-order valence-corrected chi connectivity index (χ1v) is 8.85. The van der Waals surface area contributed by atoms with Gasteiger partial charge in [-0.05, 0) is 30.3 Å². The van der Waals surface area contributed by atoms with E-state index in [1.54, 1.807) is 18.2 Å². The van der Waals surface area contributed by atoms with Crippen molar-refractivity contribution >= 4 is 15.7 Å². The Morgan fingerprint density at radius 3 is 2.26 bits per heavy atom. The normalized spacial score (nSPS) is 16.0. The molecule has 0 amide bonds. The van der Waals surface area contributed by atoms with E-state index < -0.39 is 10.0 Å². The molecule has 0 saturated carbocycles. The molecule has 1 heterocycles. The molecule has 1 saturated heterocycles. The summed E-state index contributed by atoms with van der Waals surface area (Å²) >= 11 is 0. The van der Waals surface area contributed by atoms with Gasteiger partial charge >= 0.3 is 0 Å². The van der Waals surface area contributed by atoms with Gasteiger partial charge in [0.1, 0.15) is 0 Å². The van der Waals surface area contributed by atoms with E-state index in [-0.39, 0.29) is 4.90 Å². The quantitative estimate of drug-likeness (QED) is 0.866. The lowest BCUT2D eigenvalue weighted by Gasteiger charge is -2.35. The van der Waals surface area contributed by atoms with Crippen LogP contribution >= 0.6 is 0 Å². The van der Waals surface area contributed by atoms with Gasteiger partial charge in [-0.3, -0.25) is 0 Å². The summed E-state index contributed by atoms with van der Waals surface area (Å²) in [5.74, 6) is 0. The molecule has 0 spiro atoms. The van der Waals surface area contributed by atoms with Gasteiger partial charge in [0.25, 0.3) is 0 Å². The third-order valence-corrected chi connectivity index (χ3v) is 5.86. The van der Waals surface area contributed by atoms with Crippen LogP contribution in [0.5, 0.6) is 0 Å². The van der Waals surface area contributed by atoms with Crippen LogP contribution in [0.25, 0.3) is 0 Å². The number of rotatable bonds is 3. The summed E-state index contributed by atoms with van der Waals surface area (Å²) < 4.78 is 26.9. The van der Waals surface area contributed by atoms with Crippen molar-refractivity contribution in [3.63, 3.8) is 0 Å². The predicted octanol–water partition coefficient (Wildman–Crippen LogP) is 2.07. The topological polar surface area (TPSA) is 64.4 Å². The number of anilines is 1. The first kappa shape index (κ1) is 15.5. The maximum absolute atomic E-state index is 12.7. The zero-order valence-corrected chi connectivity index (χ0v) is 13.4. The van der Waals surface area contributed by atoms with Crippen LogP contribution in [0.15, 0.2) is 59.5 Å². The number of para-hydroxylation sites is 1. The van der Waals surface area contributed by atoms with Crippen molar-refractivity contribution in [1.29, 1.82) is 5.26 Å². The lowest BCUT2D eigenvalue weighted by molar-refractivity contribution is 0.385. The first-order valence-electron chi connectivity index (χ1n) is 7.41. The summed E-state index contributed by atoms with van der Waals surface area (Å²) in [6.45, 7) is 2.18. The van der Waals surface area contributed by atoms with Gasteiger partial charge in [0, 0.05) is 31.9 Å². The molecule has 1 aliphatic rings. The van der Waals surface area contributed by atoms with E-state index in [4.69, 9.17) is 5.26 Å². The van der Waals surface area contributed by atoms with E-state index in [0.29, 0.717) is 31.7 Å². The fraction of sp³-hybridized carbons (Fsp3) is 0.235. The number of nitrogens with zero attached hydrogens (tertiary/aromatic N) is 3. The van der Waals surface area contributed by atoms with Gasteiger partial charge in [0.05, 0.1) is 16.5 Å². The van der Waals surface area contributed by atoms with Gasteiger partial charge in [-0.15, -0.1) is 0 Å². The zero-order valence-electron chi connectivity index (χ0n) is 12.6. The Bertz CT molecular complexity index is 820. The molecule has 2 aromatic carbocycles. The van der Waals surface area contributed by atoms with Crippen LogP contribution in [-0.4, -0.2) is 38.9 Å². The molecule has 1 fully saturated rings. The van der Waals surface area contributed by atoms with Crippen LogP contribution in [0, 0.1) is 11.3 Å². The number of hydrogen-bond acceptors (Lipinski definition) is 4. The van der Waals surface area contributed by atoms with Gasteiger partial charge in [0.15, 0.2) is 0 Å². The highest BCUT2D eigenvalue weighted by Gasteiger charge is 2.28. The van der Waals surface area contributed by atoms with Crippen molar-refractivity contribution < 1.29 is 8.42 Å². The average molecular weight is 327 g/mol. The molecule has 0 aromatic heterocycles. The molecule has 0 radical (unpaired) electrons. The fourth-order valence-corrected chi connectivity index (χ4v) is 4.17. The van der Waals surface area contributed by atoms with Crippen LogP contribution in [0.4, 0.5) is 5.69 Å². The molecule has 1 aliphatic heterocycles. The van der Waals surface area contributed by atoms with Gasteiger partial charge in [-0.2, -0.15) is 9.57 Å². The van der Waals surface area contributed by atoms with E-state index in [1.165, 1.54) is 10.4 Å². The molecule has 0 unspecified atom stereocenters. The molecule has 118 valence electrons. The lowest BCUT2D eigenvalue weighted by atomic mass is 10.2. The van der Waals surface area contributed by atoms with Crippen molar-refractivity contribution in [3.05, 3.63) is 60.2 Å². The zero-order chi connectivity index (χ0) is 16.3. The lowest BCUT2D eigenvalue weighted by Crippen LogP contribution is -2.48. The summed E-state index contributed by atoms with van der Waals surface area (Å²) in [6.07, 6.45) is 0. The molecular weight excluding hydrogens is 310 g/mol. The van der Waals surface area contributed by atoms with Gasteiger partial charge < -0.3 is 4.90 Å². The van der Waals surface area contributed by atoms with Crippen LogP contribution in [0.2, 0.25) is 0 Å². The van der Waals surface area contributed by atoms with Crippen molar-refractivity contribution in [1.82, 2.24) is 4.31 Å².